The number of aryl methyl sites for hydroxylation is 1. The number of nitrogens with one attached hydrogen (secondary N) is 3. The molecule has 3 fully saturated rings. The third-order valence-electron chi connectivity index (χ3n) is 14.5. The molecule has 2 aliphatic carbocycles. The van der Waals surface area contributed by atoms with Crippen molar-refractivity contribution in [2.24, 2.45) is 5.92 Å². The highest BCUT2D eigenvalue weighted by Crippen LogP contribution is 2.42. The van der Waals surface area contributed by atoms with Crippen LogP contribution in [0.5, 0.6) is 0 Å². The molecule has 5 amide bonds. The maximum atomic E-state index is 16.2. The summed E-state index contributed by atoms with van der Waals surface area (Å²) in [6.07, 6.45) is 2.37. The van der Waals surface area contributed by atoms with Crippen LogP contribution in [0.1, 0.15) is 100 Å². The fourth-order valence-electron chi connectivity index (χ4n) is 9.49. The first-order valence-corrected chi connectivity index (χ1v) is 28.3. The van der Waals surface area contributed by atoms with Gasteiger partial charge in [0.05, 0.1) is 125 Å². The summed E-state index contributed by atoms with van der Waals surface area (Å²) in [6, 6.07) is 2.81. The van der Waals surface area contributed by atoms with E-state index in [2.05, 4.69) is 21.0 Å². The highest BCUT2D eigenvalue weighted by Gasteiger charge is 2.57. The van der Waals surface area contributed by atoms with Crippen LogP contribution in [0.2, 0.25) is 0 Å². The number of urea groups is 1. The Morgan fingerprint density at radius 1 is 0.713 bits per heavy atom. The largest absolute Gasteiger partial charge is 0.417 e. The van der Waals surface area contributed by atoms with E-state index in [0.29, 0.717) is 117 Å². The molecule has 0 unspecified atom stereocenters. The quantitative estimate of drug-likeness (QED) is 0.0413. The smallest absolute Gasteiger partial charge is 0.382 e. The van der Waals surface area contributed by atoms with Gasteiger partial charge >= 0.3 is 12.2 Å². The van der Waals surface area contributed by atoms with Crippen LogP contribution in [0.4, 0.5) is 28.0 Å². The van der Waals surface area contributed by atoms with E-state index < -0.39 is 72.2 Å². The van der Waals surface area contributed by atoms with Crippen molar-refractivity contribution in [2.75, 3.05) is 151 Å². The highest BCUT2D eigenvalue weighted by molar-refractivity contribution is 6.00. The monoisotopic (exact) mass is 1150 g/mol. The zero-order valence-electron chi connectivity index (χ0n) is 47.2. The van der Waals surface area contributed by atoms with Gasteiger partial charge in [-0.15, -0.1) is 0 Å². The van der Waals surface area contributed by atoms with Crippen LogP contribution < -0.4 is 16.0 Å². The summed E-state index contributed by atoms with van der Waals surface area (Å²) in [5.41, 5.74) is -2.10. The number of aromatic nitrogens is 2. The van der Waals surface area contributed by atoms with E-state index in [1.54, 1.807) is 27.1 Å². The number of benzene rings is 1. The lowest BCUT2D eigenvalue weighted by Gasteiger charge is -2.43. The van der Waals surface area contributed by atoms with Gasteiger partial charge in [-0.05, 0) is 62.3 Å². The Labute approximate surface area is 467 Å². The highest BCUT2D eigenvalue weighted by atomic mass is 19.4. The minimum absolute atomic E-state index is 0.0228. The standard InChI is InChI=1S/C55H87F4N7O14/c1-5-66-47(16-19-60-66)50(67)62-49(42-10-8-6-7-9-11-42)51(68)61-46-15-12-43(40-45(46)56)41(2)48(63-53(70)64(3)44-13-14-44)52(69)65-20-17-54(18-21-65,55(57,58)59)80-39-38-79-37-36-78-35-34-77-33-32-76-31-30-75-29-28-74-27-26-73-25-24-72-23-22-71-4/h12,15-16,19,40-42,44,48-49H,5-11,13-14,17-18,20-39H2,1-4H3,(H,61,68)(H,62,67)(H,63,70)/t41-,48+,49-/m0/s1. The number of rotatable bonds is 39. The van der Waals surface area contributed by atoms with Crippen LogP contribution in [-0.2, 0) is 63.5 Å². The van der Waals surface area contributed by atoms with Crippen molar-refractivity contribution in [3.8, 4) is 0 Å². The molecule has 1 aliphatic heterocycles. The van der Waals surface area contributed by atoms with E-state index >= 15 is 4.39 Å². The van der Waals surface area contributed by atoms with E-state index in [-0.39, 0.29) is 63.8 Å². The Balaban J connectivity index is 1.02. The van der Waals surface area contributed by atoms with Gasteiger partial charge in [0.1, 0.15) is 23.6 Å². The normalized spacial score (nSPS) is 17.1. The third-order valence-corrected chi connectivity index (χ3v) is 14.5. The molecule has 1 aromatic heterocycles. The number of piperidine rings is 1. The minimum Gasteiger partial charge on any atom is -0.382 e. The van der Waals surface area contributed by atoms with Crippen molar-refractivity contribution in [1.29, 1.82) is 0 Å². The van der Waals surface area contributed by atoms with Crippen molar-refractivity contribution in [1.82, 2.24) is 30.2 Å². The number of nitrogens with zero attached hydrogens (tertiary/aromatic N) is 4. The number of hydrogen-bond donors (Lipinski definition) is 3. The molecule has 5 rings (SSSR count). The van der Waals surface area contributed by atoms with E-state index in [1.165, 1.54) is 38.9 Å². The van der Waals surface area contributed by atoms with Gasteiger partial charge in [-0.25, -0.2) is 9.18 Å². The number of hydrogen-bond acceptors (Lipinski definition) is 15. The molecular formula is C55H87F4N7O14. The Bertz CT molecular complexity index is 2110. The first kappa shape index (κ1) is 66.2. The van der Waals surface area contributed by atoms with Crippen LogP contribution >= 0.6 is 0 Å². The lowest BCUT2D eigenvalue weighted by molar-refractivity contribution is -0.292. The number of likely N-dealkylation sites (tertiary alicyclic amines) is 1. The number of carbonyl (C=O) groups is 4. The van der Waals surface area contributed by atoms with E-state index in [4.69, 9.17) is 47.4 Å². The van der Waals surface area contributed by atoms with Crippen LogP contribution in [0.3, 0.4) is 0 Å². The number of alkyl halides is 3. The van der Waals surface area contributed by atoms with Crippen molar-refractivity contribution >= 4 is 29.4 Å². The SMILES string of the molecule is CCn1nccc1C(=O)N[C@H](C(=O)Nc1ccc([C@H](C)[C@@H](NC(=O)N(C)C2CC2)C(=O)N2CCC(OCCOCCOCCOCCOCCOCCOCCOCCOCCOC)(C(F)(F)F)CC2)cc1F)C1CCCCCC1. The first-order chi connectivity index (χ1) is 38.7. The molecule has 3 atom stereocenters. The maximum Gasteiger partial charge on any atom is 0.417 e. The molecule has 3 aliphatic rings. The van der Waals surface area contributed by atoms with Gasteiger partial charge in [-0.1, -0.05) is 38.7 Å². The van der Waals surface area contributed by atoms with Crippen LogP contribution in [0.15, 0.2) is 30.5 Å². The molecule has 0 radical (unpaired) electrons. The number of halogens is 4. The molecular weight excluding hydrogens is 1060 g/mol. The fraction of sp³-hybridized carbons (Fsp3) is 0.764. The number of anilines is 1. The molecule has 1 aromatic carbocycles. The Hall–Kier alpha value is -4.57. The lowest BCUT2D eigenvalue weighted by Crippen LogP contribution is -2.60. The maximum absolute atomic E-state index is 16.2. The summed E-state index contributed by atoms with van der Waals surface area (Å²) in [7, 11) is 3.22. The van der Waals surface area contributed by atoms with Gasteiger partial charge in [0.2, 0.25) is 11.8 Å². The third kappa shape index (κ3) is 22.3. The Kier molecular flexibility index (Phi) is 29.9. The Morgan fingerprint density at radius 3 is 1.68 bits per heavy atom. The summed E-state index contributed by atoms with van der Waals surface area (Å²) < 4.78 is 116. The predicted octanol–water partition coefficient (Wildman–Crippen LogP) is 5.74. The molecule has 1 saturated heterocycles. The van der Waals surface area contributed by atoms with Crippen molar-refractivity contribution in [3.63, 3.8) is 0 Å². The Morgan fingerprint density at radius 2 is 1.21 bits per heavy atom. The van der Waals surface area contributed by atoms with Crippen molar-refractivity contribution < 1.29 is 84.1 Å². The average Bonchev–Trinajstić information content (AvgIpc) is 4.29. The summed E-state index contributed by atoms with van der Waals surface area (Å²) >= 11 is 0. The van der Waals surface area contributed by atoms with Crippen molar-refractivity contribution in [3.05, 3.63) is 47.5 Å². The van der Waals surface area contributed by atoms with Gasteiger partial charge in [0, 0.05) is 64.8 Å². The summed E-state index contributed by atoms with van der Waals surface area (Å²) in [5.74, 6) is -3.56. The minimum atomic E-state index is -4.76. The van der Waals surface area contributed by atoms with Crippen LogP contribution in [0.25, 0.3) is 0 Å². The number of methoxy groups -OCH3 is 1. The number of carbonyl (C=O) groups excluding carboxylic acids is 4. The summed E-state index contributed by atoms with van der Waals surface area (Å²) in [4.78, 5) is 58.1. The van der Waals surface area contributed by atoms with Crippen LogP contribution in [0, 0.1) is 11.7 Å². The molecule has 2 saturated carbocycles. The second kappa shape index (κ2) is 36.1. The molecule has 2 aromatic rings. The second-order valence-electron chi connectivity index (χ2n) is 20.1. The number of amides is 5. The fourth-order valence-corrected chi connectivity index (χ4v) is 9.49. The van der Waals surface area contributed by atoms with E-state index in [0.717, 1.165) is 38.5 Å². The lowest BCUT2D eigenvalue weighted by atomic mass is 9.88. The van der Waals surface area contributed by atoms with Gasteiger partial charge < -0.3 is 73.1 Å². The molecule has 2 heterocycles. The van der Waals surface area contributed by atoms with Gasteiger partial charge in [0.25, 0.3) is 5.91 Å². The molecule has 0 spiro atoms. The molecule has 21 nitrogen and oxygen atoms in total. The van der Waals surface area contributed by atoms with E-state index in [1.807, 2.05) is 6.92 Å². The van der Waals surface area contributed by atoms with E-state index in [9.17, 15) is 32.3 Å². The van der Waals surface area contributed by atoms with Crippen LogP contribution in [-0.4, -0.2) is 219 Å². The van der Waals surface area contributed by atoms with Gasteiger partial charge in [-0.3, -0.25) is 19.1 Å². The average molecular weight is 1150 g/mol. The first-order valence-electron chi connectivity index (χ1n) is 28.3. The molecule has 25 heteroatoms. The summed E-state index contributed by atoms with van der Waals surface area (Å²) in [6.45, 7) is 9.17. The molecule has 0 bridgehead atoms. The topological polar surface area (TPSA) is 221 Å². The molecule has 3 N–H and O–H groups in total. The van der Waals surface area contributed by atoms with Gasteiger partial charge in [-0.2, -0.15) is 18.3 Å². The molecule has 80 heavy (non-hydrogen) atoms. The van der Waals surface area contributed by atoms with Crippen molar-refractivity contribution in [2.45, 2.75) is 120 Å². The summed E-state index contributed by atoms with van der Waals surface area (Å²) in [5, 5.41) is 12.5. The number of ether oxygens (including phenoxy) is 10. The molecule has 454 valence electrons. The zero-order chi connectivity index (χ0) is 57.6. The zero-order valence-corrected chi connectivity index (χ0v) is 47.2. The predicted molar refractivity (Wildman–Crippen MR) is 286 cm³/mol. The van der Waals surface area contributed by atoms with Gasteiger partial charge in [0.15, 0.2) is 5.60 Å². The second-order valence-corrected chi connectivity index (χ2v) is 20.1.